The Morgan fingerprint density at radius 3 is 1.10 bits per heavy atom. The largest absolute Gasteiger partial charge is 0.472 e. The van der Waals surface area contributed by atoms with E-state index in [1.54, 1.807) is 0 Å². The Labute approximate surface area is 374 Å². The number of carbonyl (C=O) groups excluding carboxylic acids is 1. The molecule has 1 unspecified atom stereocenters. The Morgan fingerprint density at radius 2 is 0.767 bits per heavy atom. The molecule has 0 fully saturated rings. The lowest BCUT2D eigenvalue weighted by Crippen LogP contribution is -2.37. The Morgan fingerprint density at radius 1 is 0.450 bits per heavy atom. The minimum absolute atomic E-state index is 0.0940. The average molecular weight is 875 g/mol. The van der Waals surface area contributed by atoms with Crippen molar-refractivity contribution in [3.8, 4) is 0 Å². The molecule has 0 amide bonds. The second-order valence-electron chi connectivity index (χ2n) is 19.3. The van der Waals surface area contributed by atoms with Crippen LogP contribution in [-0.4, -0.2) is 75.6 Å². The number of hydrogen-bond acceptors (Lipinski definition) is 6. The minimum atomic E-state index is -4.27. The first-order chi connectivity index (χ1) is 29.1. The van der Waals surface area contributed by atoms with Crippen LogP contribution in [-0.2, 0) is 27.9 Å². The molecule has 0 aliphatic carbocycles. The molecule has 0 rings (SSSR count). The highest BCUT2D eigenvalue weighted by Gasteiger charge is 2.26. The number of phosphoric ester groups is 1. The van der Waals surface area contributed by atoms with E-state index in [9.17, 15) is 14.3 Å². The molecule has 60 heavy (non-hydrogen) atoms. The third-order valence-corrected chi connectivity index (χ3v) is 12.9. The Hall–Kier alpha value is -0.500. The van der Waals surface area contributed by atoms with Crippen LogP contribution in [0.25, 0.3) is 0 Å². The van der Waals surface area contributed by atoms with Crippen LogP contribution in [0.15, 0.2) is 0 Å². The van der Waals surface area contributed by atoms with Crippen LogP contribution in [0.5, 0.6) is 0 Å². The minimum Gasteiger partial charge on any atom is -0.457 e. The zero-order chi connectivity index (χ0) is 44.1. The highest BCUT2D eigenvalue weighted by Crippen LogP contribution is 2.43. The van der Waals surface area contributed by atoms with Gasteiger partial charge in [-0.1, -0.05) is 245 Å². The molecule has 0 spiro atoms. The molecule has 2 atom stereocenters. The Kier molecular flexibility index (Phi) is 44.7. The summed E-state index contributed by atoms with van der Waals surface area (Å²) >= 11 is 0. The Bertz CT molecular complexity index is 930. The van der Waals surface area contributed by atoms with Gasteiger partial charge in [0, 0.05) is 13.0 Å². The number of esters is 1. The molecule has 0 aliphatic heterocycles. The van der Waals surface area contributed by atoms with Crippen molar-refractivity contribution in [3.05, 3.63) is 0 Å². The molecule has 9 heteroatoms. The highest BCUT2D eigenvalue weighted by molar-refractivity contribution is 7.47. The van der Waals surface area contributed by atoms with Crippen LogP contribution < -0.4 is 0 Å². The summed E-state index contributed by atoms with van der Waals surface area (Å²) in [6.45, 7) is 5.69. The van der Waals surface area contributed by atoms with Gasteiger partial charge in [-0.15, -0.1) is 0 Å². The van der Waals surface area contributed by atoms with Crippen LogP contribution in [0.4, 0.5) is 0 Å². The second kappa shape index (κ2) is 45.1. The third-order valence-electron chi connectivity index (χ3n) is 11.9. The maximum atomic E-state index is 12.7. The summed E-state index contributed by atoms with van der Waals surface area (Å²) in [5, 5.41) is 0. The SMILES string of the molecule is CCCCCCCCCCCCCCCCCCCCCCCCCCCCC(=O)O[C@H](COCCCCCCCCCCCCCC)COP(=O)(O)OCC[N+](C)(C)C. The van der Waals surface area contributed by atoms with Gasteiger partial charge in [0.2, 0.25) is 0 Å². The van der Waals surface area contributed by atoms with Crippen molar-refractivity contribution in [1.82, 2.24) is 0 Å². The molecule has 360 valence electrons. The van der Waals surface area contributed by atoms with E-state index in [1.807, 2.05) is 21.1 Å². The fourth-order valence-corrected chi connectivity index (χ4v) is 8.59. The second-order valence-corrected chi connectivity index (χ2v) is 20.7. The summed E-state index contributed by atoms with van der Waals surface area (Å²) in [6.07, 6.45) is 50.2. The number of carbonyl (C=O) groups is 1. The van der Waals surface area contributed by atoms with Crippen LogP contribution >= 0.6 is 7.82 Å². The normalized spacial score (nSPS) is 13.5. The number of nitrogens with zero attached hydrogens (tertiary/aromatic N) is 1. The molecular formula is C51H105NO7P+. The number of likely N-dealkylation sites (N-methyl/N-ethyl adjacent to an activating group) is 1. The van der Waals surface area contributed by atoms with Crippen molar-refractivity contribution >= 4 is 13.8 Å². The zero-order valence-electron chi connectivity index (χ0n) is 41.0. The molecule has 0 saturated heterocycles. The first kappa shape index (κ1) is 59.5. The van der Waals surface area contributed by atoms with Crippen LogP contribution in [0.2, 0.25) is 0 Å². The molecule has 1 N–H and O–H groups in total. The molecule has 0 aromatic carbocycles. The molecule has 0 aromatic rings. The number of hydrogen-bond donors (Lipinski definition) is 1. The summed E-state index contributed by atoms with van der Waals surface area (Å²) in [7, 11) is 1.69. The monoisotopic (exact) mass is 875 g/mol. The van der Waals surface area contributed by atoms with Crippen LogP contribution in [0.3, 0.4) is 0 Å². The van der Waals surface area contributed by atoms with E-state index in [-0.39, 0.29) is 25.8 Å². The van der Waals surface area contributed by atoms with E-state index in [1.165, 1.54) is 212 Å². The lowest BCUT2D eigenvalue weighted by atomic mass is 10.0. The van der Waals surface area contributed by atoms with E-state index in [2.05, 4.69) is 13.8 Å². The summed E-state index contributed by atoms with van der Waals surface area (Å²) in [4.78, 5) is 23.0. The van der Waals surface area contributed by atoms with Crippen molar-refractivity contribution in [3.63, 3.8) is 0 Å². The maximum Gasteiger partial charge on any atom is 0.472 e. The lowest BCUT2D eigenvalue weighted by molar-refractivity contribution is -0.870. The van der Waals surface area contributed by atoms with Gasteiger partial charge in [0.05, 0.1) is 34.4 Å². The van der Waals surface area contributed by atoms with Gasteiger partial charge in [-0.2, -0.15) is 0 Å². The van der Waals surface area contributed by atoms with Crippen molar-refractivity contribution in [2.24, 2.45) is 0 Å². The standard InChI is InChI=1S/C51H104NO7P/c1-6-8-10-12-14-16-18-20-21-22-23-24-25-26-27-28-29-30-31-32-33-34-36-38-40-42-44-51(53)59-50(49-58-60(54,55)57-47-45-52(3,4)5)48-56-46-43-41-39-37-35-19-17-15-13-11-9-7-2/h50H,6-49H2,1-5H3/p+1/t50-/m1/s1. The van der Waals surface area contributed by atoms with E-state index < -0.39 is 13.9 Å². The summed E-state index contributed by atoms with van der Waals surface area (Å²) in [5.74, 6) is -0.305. The molecule has 0 heterocycles. The summed E-state index contributed by atoms with van der Waals surface area (Å²) in [5.41, 5.74) is 0. The van der Waals surface area contributed by atoms with E-state index in [4.69, 9.17) is 18.5 Å². The highest BCUT2D eigenvalue weighted by atomic mass is 31.2. The van der Waals surface area contributed by atoms with Gasteiger partial charge < -0.3 is 18.9 Å². The molecule has 0 radical (unpaired) electrons. The van der Waals surface area contributed by atoms with Gasteiger partial charge in [-0.25, -0.2) is 4.57 Å². The van der Waals surface area contributed by atoms with Crippen molar-refractivity contribution in [2.45, 2.75) is 270 Å². The number of quaternary nitrogens is 1. The fraction of sp³-hybridized carbons (Fsp3) is 0.980. The molecule has 0 bridgehead atoms. The molecule has 0 aliphatic rings. The smallest absolute Gasteiger partial charge is 0.457 e. The lowest BCUT2D eigenvalue weighted by Gasteiger charge is -2.24. The van der Waals surface area contributed by atoms with Crippen molar-refractivity contribution in [2.75, 3.05) is 54.1 Å². The van der Waals surface area contributed by atoms with Gasteiger partial charge >= 0.3 is 13.8 Å². The summed E-state index contributed by atoms with van der Waals surface area (Å²) in [6, 6.07) is 0. The number of rotatable bonds is 50. The first-order valence-electron chi connectivity index (χ1n) is 26.3. The van der Waals surface area contributed by atoms with Gasteiger partial charge in [0.15, 0.2) is 0 Å². The first-order valence-corrected chi connectivity index (χ1v) is 27.8. The van der Waals surface area contributed by atoms with Gasteiger partial charge in [0.1, 0.15) is 19.3 Å². The van der Waals surface area contributed by atoms with E-state index >= 15 is 0 Å². The van der Waals surface area contributed by atoms with Gasteiger partial charge in [0.25, 0.3) is 0 Å². The summed E-state index contributed by atoms with van der Waals surface area (Å²) < 4.78 is 35.1. The van der Waals surface area contributed by atoms with Gasteiger partial charge in [-0.05, 0) is 12.8 Å². The Balaban J connectivity index is 3.96. The topological polar surface area (TPSA) is 91.3 Å². The van der Waals surface area contributed by atoms with E-state index in [0.29, 0.717) is 24.1 Å². The molecule has 0 aromatic heterocycles. The zero-order valence-corrected chi connectivity index (χ0v) is 41.9. The van der Waals surface area contributed by atoms with Crippen molar-refractivity contribution < 1.29 is 37.3 Å². The average Bonchev–Trinajstić information content (AvgIpc) is 3.20. The van der Waals surface area contributed by atoms with E-state index in [0.717, 1.165) is 32.1 Å². The maximum absolute atomic E-state index is 12.7. The van der Waals surface area contributed by atoms with Crippen LogP contribution in [0.1, 0.15) is 264 Å². The predicted molar refractivity (Wildman–Crippen MR) is 257 cm³/mol. The number of phosphoric acid groups is 1. The molecule has 8 nitrogen and oxygen atoms in total. The predicted octanol–water partition coefficient (Wildman–Crippen LogP) is 16.0. The molecule has 0 saturated carbocycles. The van der Waals surface area contributed by atoms with Gasteiger partial charge in [-0.3, -0.25) is 13.8 Å². The van der Waals surface area contributed by atoms with Crippen LogP contribution in [0, 0.1) is 0 Å². The third kappa shape index (κ3) is 48.5. The number of unbranched alkanes of at least 4 members (excludes halogenated alkanes) is 36. The fourth-order valence-electron chi connectivity index (χ4n) is 7.85. The quantitative estimate of drug-likeness (QED) is 0.0282. The van der Waals surface area contributed by atoms with Crippen molar-refractivity contribution in [1.29, 1.82) is 0 Å². The molecular weight excluding hydrogens is 770 g/mol. The number of ether oxygens (including phenoxy) is 2.